The van der Waals surface area contributed by atoms with Crippen LogP contribution in [-0.2, 0) is 14.3 Å². The first kappa shape index (κ1) is 21.7. The Labute approximate surface area is 156 Å². The van der Waals surface area contributed by atoms with E-state index in [0.717, 1.165) is 11.1 Å². The number of carboxylic acid groups (broad SMARTS) is 1. The zero-order valence-electron chi connectivity index (χ0n) is 16.5. The van der Waals surface area contributed by atoms with E-state index in [1.165, 1.54) is 30.4 Å². The van der Waals surface area contributed by atoms with Crippen molar-refractivity contribution >= 4 is 11.9 Å². The number of carbonyl (C=O) groups excluding carboxylic acids is 1. The lowest BCUT2D eigenvalue weighted by atomic mass is 9.72. The van der Waals surface area contributed by atoms with E-state index in [1.807, 2.05) is 25.2 Å². The Morgan fingerprint density at radius 3 is 2.50 bits per heavy atom. The minimum atomic E-state index is -1.58. The molecule has 0 spiro atoms. The van der Waals surface area contributed by atoms with E-state index >= 15 is 0 Å². The predicted octanol–water partition coefficient (Wildman–Crippen LogP) is 5.15. The van der Waals surface area contributed by atoms with Gasteiger partial charge in [-0.3, -0.25) is 0 Å². The minimum Gasteiger partial charge on any atom is -0.473 e. The van der Waals surface area contributed by atoms with Crippen LogP contribution in [-0.4, -0.2) is 23.7 Å². The van der Waals surface area contributed by atoms with Crippen LogP contribution in [0, 0.1) is 5.41 Å². The average Bonchev–Trinajstić information content (AvgIpc) is 2.53. The Kier molecular flexibility index (Phi) is 8.30. The minimum absolute atomic E-state index is 0.0492. The topological polar surface area (TPSA) is 63.6 Å². The zero-order valence-corrected chi connectivity index (χ0v) is 16.5. The Morgan fingerprint density at radius 2 is 1.88 bits per heavy atom. The van der Waals surface area contributed by atoms with Gasteiger partial charge >= 0.3 is 11.9 Å². The van der Waals surface area contributed by atoms with E-state index in [9.17, 15) is 9.59 Å². The fourth-order valence-electron chi connectivity index (χ4n) is 3.01. The smallest absolute Gasteiger partial charge is 0.417 e. The number of aliphatic carboxylic acids is 1. The van der Waals surface area contributed by atoms with Gasteiger partial charge in [-0.1, -0.05) is 60.9 Å². The molecule has 0 aromatic carbocycles. The van der Waals surface area contributed by atoms with E-state index in [-0.39, 0.29) is 12.0 Å². The molecular weight excluding hydrogens is 328 g/mol. The number of allylic oxidation sites excluding steroid dienone is 9. The van der Waals surface area contributed by atoms with Gasteiger partial charge in [0.2, 0.25) is 0 Å². The third-order valence-electron chi connectivity index (χ3n) is 4.57. The number of carboxylic acids is 1. The Morgan fingerprint density at radius 1 is 1.19 bits per heavy atom. The lowest BCUT2D eigenvalue weighted by Gasteiger charge is -2.32. The van der Waals surface area contributed by atoms with Crippen molar-refractivity contribution < 1.29 is 19.4 Å². The van der Waals surface area contributed by atoms with Crippen LogP contribution in [0.25, 0.3) is 0 Å². The SMILES string of the molecule is CC(C=C/C=C(/C)C=CC1=C(C)CCCC1(C)C)=CCOC(=O)C(=O)O. The predicted molar refractivity (Wildman–Crippen MR) is 105 cm³/mol. The molecule has 0 heterocycles. The highest BCUT2D eigenvalue weighted by molar-refractivity contribution is 6.28. The molecular formula is C22H30O4. The second-order valence-electron chi connectivity index (χ2n) is 7.39. The second-order valence-corrected chi connectivity index (χ2v) is 7.39. The number of hydrogen-bond acceptors (Lipinski definition) is 3. The maximum atomic E-state index is 10.8. The molecule has 0 saturated heterocycles. The molecule has 0 aromatic rings. The van der Waals surface area contributed by atoms with E-state index in [2.05, 4.69) is 44.6 Å². The average molecular weight is 358 g/mol. The number of ether oxygens (including phenoxy) is 1. The van der Waals surface area contributed by atoms with Crippen LogP contribution >= 0.6 is 0 Å². The summed E-state index contributed by atoms with van der Waals surface area (Å²) in [6.07, 6.45) is 15.6. The highest BCUT2D eigenvalue weighted by Crippen LogP contribution is 2.40. The summed E-state index contributed by atoms with van der Waals surface area (Å²) in [4.78, 5) is 21.1. The molecule has 1 aliphatic carbocycles. The fraction of sp³-hybridized carbons (Fsp3) is 0.455. The monoisotopic (exact) mass is 358 g/mol. The maximum Gasteiger partial charge on any atom is 0.417 e. The van der Waals surface area contributed by atoms with Gasteiger partial charge in [0.15, 0.2) is 0 Å². The van der Waals surface area contributed by atoms with Crippen molar-refractivity contribution in [3.05, 3.63) is 58.7 Å². The molecule has 0 atom stereocenters. The lowest BCUT2D eigenvalue weighted by molar-refractivity contribution is -0.163. The number of carbonyl (C=O) groups is 2. The van der Waals surface area contributed by atoms with Gasteiger partial charge in [-0.25, -0.2) is 9.59 Å². The van der Waals surface area contributed by atoms with Gasteiger partial charge in [-0.2, -0.15) is 0 Å². The first-order valence-electron chi connectivity index (χ1n) is 8.93. The van der Waals surface area contributed by atoms with Crippen LogP contribution in [0.2, 0.25) is 0 Å². The molecule has 0 aromatic heterocycles. The van der Waals surface area contributed by atoms with Crippen LogP contribution in [0.15, 0.2) is 58.7 Å². The molecule has 0 saturated carbocycles. The summed E-state index contributed by atoms with van der Waals surface area (Å²) >= 11 is 0. The molecule has 0 unspecified atom stereocenters. The molecule has 26 heavy (non-hydrogen) atoms. The van der Waals surface area contributed by atoms with Crippen LogP contribution in [0.4, 0.5) is 0 Å². The molecule has 0 radical (unpaired) electrons. The Bertz CT molecular complexity index is 685. The van der Waals surface area contributed by atoms with Crippen molar-refractivity contribution in [3.63, 3.8) is 0 Å². The third-order valence-corrected chi connectivity index (χ3v) is 4.57. The Balaban J connectivity index is 2.63. The van der Waals surface area contributed by atoms with Crippen LogP contribution in [0.5, 0.6) is 0 Å². The summed E-state index contributed by atoms with van der Waals surface area (Å²) in [6, 6.07) is 0. The van der Waals surface area contributed by atoms with Gasteiger partial charge in [-0.15, -0.1) is 0 Å². The van der Waals surface area contributed by atoms with E-state index in [0.29, 0.717) is 0 Å². The number of rotatable bonds is 6. The van der Waals surface area contributed by atoms with Gasteiger partial charge in [0.25, 0.3) is 0 Å². The lowest BCUT2D eigenvalue weighted by Crippen LogP contribution is -2.19. The third kappa shape index (κ3) is 7.26. The summed E-state index contributed by atoms with van der Waals surface area (Å²) in [5, 5.41) is 8.42. The van der Waals surface area contributed by atoms with Crippen molar-refractivity contribution in [2.45, 2.75) is 53.9 Å². The van der Waals surface area contributed by atoms with Crippen LogP contribution in [0.1, 0.15) is 53.9 Å². The molecule has 0 aliphatic heterocycles. The molecule has 142 valence electrons. The van der Waals surface area contributed by atoms with Gasteiger partial charge in [0.05, 0.1) is 0 Å². The van der Waals surface area contributed by atoms with Crippen molar-refractivity contribution in [3.8, 4) is 0 Å². The largest absolute Gasteiger partial charge is 0.473 e. The van der Waals surface area contributed by atoms with Crippen molar-refractivity contribution in [2.75, 3.05) is 6.61 Å². The summed E-state index contributed by atoms with van der Waals surface area (Å²) in [7, 11) is 0. The molecule has 4 heteroatoms. The molecule has 0 fully saturated rings. The fourth-order valence-corrected chi connectivity index (χ4v) is 3.01. The normalized spacial score (nSPS) is 18.7. The van der Waals surface area contributed by atoms with Crippen molar-refractivity contribution in [2.24, 2.45) is 5.41 Å². The first-order valence-corrected chi connectivity index (χ1v) is 8.93. The van der Waals surface area contributed by atoms with Gasteiger partial charge < -0.3 is 9.84 Å². The van der Waals surface area contributed by atoms with E-state index in [1.54, 1.807) is 6.08 Å². The van der Waals surface area contributed by atoms with Gasteiger partial charge in [0.1, 0.15) is 6.61 Å². The molecule has 0 amide bonds. The highest BCUT2D eigenvalue weighted by Gasteiger charge is 2.26. The molecule has 1 rings (SSSR count). The van der Waals surface area contributed by atoms with Crippen LogP contribution in [0.3, 0.4) is 0 Å². The van der Waals surface area contributed by atoms with Crippen molar-refractivity contribution in [1.29, 1.82) is 0 Å². The quantitative estimate of drug-likeness (QED) is 0.405. The molecule has 1 aliphatic rings. The summed E-state index contributed by atoms with van der Waals surface area (Å²) in [5.41, 5.74) is 5.20. The number of hydrogen-bond donors (Lipinski definition) is 1. The molecule has 1 N–H and O–H groups in total. The summed E-state index contributed by atoms with van der Waals surface area (Å²) < 4.78 is 4.56. The first-order chi connectivity index (χ1) is 12.1. The van der Waals surface area contributed by atoms with Gasteiger partial charge in [0, 0.05) is 0 Å². The van der Waals surface area contributed by atoms with Crippen molar-refractivity contribution in [1.82, 2.24) is 0 Å². The summed E-state index contributed by atoms with van der Waals surface area (Å²) in [6.45, 7) is 10.7. The zero-order chi connectivity index (χ0) is 19.7. The maximum absolute atomic E-state index is 10.8. The van der Waals surface area contributed by atoms with Gasteiger partial charge in [-0.05, 0) is 57.1 Å². The standard InChI is InChI=1S/C22H30O4/c1-16(11-12-19-18(3)10-7-14-22(19,4)5)8-6-9-17(2)13-15-26-21(25)20(23)24/h6,8-9,11-13H,7,10,14-15H2,1-5H3,(H,23,24)/b9-6?,12-11?,16-8-,17-13?. The highest BCUT2D eigenvalue weighted by atomic mass is 16.6. The van der Waals surface area contributed by atoms with Crippen LogP contribution < -0.4 is 0 Å². The molecule has 4 nitrogen and oxygen atoms in total. The number of esters is 1. The second kappa shape index (κ2) is 9.95. The van der Waals surface area contributed by atoms with E-state index in [4.69, 9.17) is 5.11 Å². The molecule has 0 bridgehead atoms. The van der Waals surface area contributed by atoms with E-state index < -0.39 is 11.9 Å². The Hall–Kier alpha value is -2.36. The summed E-state index contributed by atoms with van der Waals surface area (Å²) in [5.74, 6) is -2.82.